The van der Waals surface area contributed by atoms with Gasteiger partial charge < -0.3 is 14.8 Å². The van der Waals surface area contributed by atoms with E-state index in [9.17, 15) is 4.79 Å². The van der Waals surface area contributed by atoms with E-state index in [0.29, 0.717) is 17.6 Å². The quantitative estimate of drug-likeness (QED) is 0.533. The Labute approximate surface area is 167 Å². The van der Waals surface area contributed by atoms with Crippen LogP contribution in [0.4, 0.5) is 5.69 Å². The highest BCUT2D eigenvalue weighted by atomic mass is 32.2. The summed E-state index contributed by atoms with van der Waals surface area (Å²) in [5.74, 6) is 2.23. The second kappa shape index (κ2) is 9.80. The van der Waals surface area contributed by atoms with Gasteiger partial charge in [-0.25, -0.2) is 4.98 Å². The Bertz CT molecular complexity index is 895. The van der Waals surface area contributed by atoms with Crippen LogP contribution in [0, 0.1) is 6.92 Å². The van der Waals surface area contributed by atoms with E-state index in [4.69, 9.17) is 9.47 Å². The number of nitrogens with zero attached hydrogens (tertiary/aromatic N) is 2. The van der Waals surface area contributed by atoms with Crippen molar-refractivity contribution in [3.8, 4) is 11.5 Å². The molecule has 2 aromatic carbocycles. The molecule has 0 bridgehead atoms. The molecule has 28 heavy (non-hydrogen) atoms. The lowest BCUT2D eigenvalue weighted by Crippen LogP contribution is -2.14. The van der Waals surface area contributed by atoms with Gasteiger partial charge in [-0.2, -0.15) is 0 Å². The second-order valence-corrected chi connectivity index (χ2v) is 6.90. The summed E-state index contributed by atoms with van der Waals surface area (Å²) in [5.41, 5.74) is 1.89. The van der Waals surface area contributed by atoms with Crippen LogP contribution in [-0.4, -0.2) is 33.4 Å². The lowest BCUT2D eigenvalue weighted by molar-refractivity contribution is -0.113. The van der Waals surface area contributed by atoms with Crippen LogP contribution < -0.4 is 14.8 Å². The van der Waals surface area contributed by atoms with Crippen LogP contribution in [0.1, 0.15) is 18.3 Å². The minimum atomic E-state index is -0.128. The molecule has 146 valence electrons. The number of nitrogens with one attached hydrogen (secondary N) is 2. The summed E-state index contributed by atoms with van der Waals surface area (Å²) in [6, 6.07) is 15.0. The highest BCUT2D eigenvalue weighted by Gasteiger charge is 2.09. The van der Waals surface area contributed by atoms with Crippen LogP contribution in [0.3, 0.4) is 0 Å². The third-order valence-corrected chi connectivity index (χ3v) is 4.54. The fourth-order valence-corrected chi connectivity index (χ4v) is 2.94. The molecule has 1 heterocycles. The number of carbonyl (C=O) groups excluding carboxylic acids is 1. The molecule has 8 heteroatoms. The summed E-state index contributed by atoms with van der Waals surface area (Å²) in [6.07, 6.45) is 0. The van der Waals surface area contributed by atoms with Crippen molar-refractivity contribution in [2.75, 3.05) is 17.7 Å². The van der Waals surface area contributed by atoms with E-state index in [-0.39, 0.29) is 18.3 Å². The number of aromatic amines is 1. The number of aryl methyl sites for hydroxylation is 1. The van der Waals surface area contributed by atoms with Gasteiger partial charge in [-0.15, -0.1) is 5.10 Å². The largest absolute Gasteiger partial charge is 0.494 e. The van der Waals surface area contributed by atoms with Crippen molar-refractivity contribution in [3.63, 3.8) is 0 Å². The van der Waals surface area contributed by atoms with Gasteiger partial charge in [0.15, 0.2) is 5.82 Å². The van der Waals surface area contributed by atoms with Crippen molar-refractivity contribution < 1.29 is 14.3 Å². The van der Waals surface area contributed by atoms with Crippen LogP contribution in [0.2, 0.25) is 0 Å². The van der Waals surface area contributed by atoms with Crippen molar-refractivity contribution in [3.05, 3.63) is 59.9 Å². The van der Waals surface area contributed by atoms with E-state index in [1.807, 2.05) is 50.2 Å². The van der Waals surface area contributed by atoms with Crippen LogP contribution in [0.15, 0.2) is 53.7 Å². The van der Waals surface area contributed by atoms with E-state index < -0.39 is 0 Å². The van der Waals surface area contributed by atoms with Crippen LogP contribution >= 0.6 is 11.8 Å². The van der Waals surface area contributed by atoms with Gasteiger partial charge in [0.2, 0.25) is 11.1 Å². The first-order chi connectivity index (χ1) is 13.6. The highest BCUT2D eigenvalue weighted by Crippen LogP contribution is 2.18. The Kier molecular flexibility index (Phi) is 6.91. The normalized spacial score (nSPS) is 10.5. The third-order valence-electron chi connectivity index (χ3n) is 3.69. The zero-order chi connectivity index (χ0) is 19.8. The lowest BCUT2D eigenvalue weighted by atomic mass is 10.2. The molecule has 0 spiro atoms. The third kappa shape index (κ3) is 6.02. The Balaban J connectivity index is 1.43. The van der Waals surface area contributed by atoms with Crippen LogP contribution in [-0.2, 0) is 11.4 Å². The number of rotatable bonds is 9. The summed E-state index contributed by atoms with van der Waals surface area (Å²) in [6.45, 7) is 4.85. The SMILES string of the molecule is CCOc1ccc(NC(=O)CSc2n[nH]c(COc3ccc(C)cc3)n2)cc1. The summed E-state index contributed by atoms with van der Waals surface area (Å²) in [7, 11) is 0. The smallest absolute Gasteiger partial charge is 0.234 e. The molecule has 0 saturated heterocycles. The van der Waals surface area contributed by atoms with Gasteiger partial charge in [-0.05, 0) is 50.2 Å². The lowest BCUT2D eigenvalue weighted by Gasteiger charge is -2.06. The van der Waals surface area contributed by atoms with Crippen LogP contribution in [0.25, 0.3) is 0 Å². The number of amides is 1. The molecule has 0 aliphatic carbocycles. The number of ether oxygens (including phenoxy) is 2. The number of thioether (sulfide) groups is 1. The van der Waals surface area contributed by atoms with Crippen molar-refractivity contribution in [2.45, 2.75) is 25.6 Å². The van der Waals surface area contributed by atoms with Gasteiger partial charge in [0.25, 0.3) is 0 Å². The van der Waals surface area contributed by atoms with Crippen LogP contribution in [0.5, 0.6) is 11.5 Å². The standard InChI is InChI=1S/C20H22N4O3S/c1-3-26-16-10-6-15(7-11-16)21-19(25)13-28-20-22-18(23-24-20)12-27-17-8-4-14(2)5-9-17/h4-11H,3,12-13H2,1-2H3,(H,21,25)(H,22,23,24). The van der Waals surface area contributed by atoms with E-state index in [0.717, 1.165) is 17.2 Å². The Morgan fingerprint density at radius 1 is 1.07 bits per heavy atom. The first-order valence-electron chi connectivity index (χ1n) is 8.88. The molecule has 0 aliphatic rings. The number of carbonyl (C=O) groups is 1. The first kappa shape index (κ1) is 19.8. The molecule has 0 radical (unpaired) electrons. The minimum absolute atomic E-state index is 0.128. The molecule has 1 aromatic heterocycles. The average Bonchev–Trinajstić information content (AvgIpc) is 3.16. The molecule has 0 atom stereocenters. The number of hydrogen-bond donors (Lipinski definition) is 2. The summed E-state index contributed by atoms with van der Waals surface area (Å²) < 4.78 is 11.0. The monoisotopic (exact) mass is 398 g/mol. The predicted octanol–water partition coefficient (Wildman–Crippen LogP) is 3.82. The molecular weight excluding hydrogens is 376 g/mol. The summed E-state index contributed by atoms with van der Waals surface area (Å²) in [4.78, 5) is 16.4. The molecule has 0 unspecified atom stereocenters. The molecule has 2 N–H and O–H groups in total. The van der Waals surface area contributed by atoms with Crippen molar-refractivity contribution in [1.82, 2.24) is 15.2 Å². The Morgan fingerprint density at radius 2 is 1.75 bits per heavy atom. The van der Waals surface area contributed by atoms with E-state index in [1.54, 1.807) is 12.1 Å². The first-order valence-corrected chi connectivity index (χ1v) is 9.87. The second-order valence-electron chi connectivity index (χ2n) is 5.96. The zero-order valence-corrected chi connectivity index (χ0v) is 16.6. The predicted molar refractivity (Wildman–Crippen MR) is 109 cm³/mol. The summed E-state index contributed by atoms with van der Waals surface area (Å²) in [5, 5.41) is 10.3. The Morgan fingerprint density at radius 3 is 2.46 bits per heavy atom. The van der Waals surface area contributed by atoms with Gasteiger partial charge >= 0.3 is 0 Å². The molecule has 7 nitrogen and oxygen atoms in total. The molecule has 0 aliphatic heterocycles. The van der Waals surface area contributed by atoms with Crippen molar-refractivity contribution in [2.24, 2.45) is 0 Å². The minimum Gasteiger partial charge on any atom is -0.494 e. The topological polar surface area (TPSA) is 89.1 Å². The van der Waals surface area contributed by atoms with Gasteiger partial charge in [0, 0.05) is 5.69 Å². The molecule has 0 fully saturated rings. The highest BCUT2D eigenvalue weighted by molar-refractivity contribution is 7.99. The average molecular weight is 398 g/mol. The number of benzene rings is 2. The van der Waals surface area contributed by atoms with Gasteiger partial charge in [-0.1, -0.05) is 29.5 Å². The van der Waals surface area contributed by atoms with Crippen molar-refractivity contribution >= 4 is 23.4 Å². The summed E-state index contributed by atoms with van der Waals surface area (Å²) >= 11 is 1.26. The molecule has 0 saturated carbocycles. The zero-order valence-electron chi connectivity index (χ0n) is 15.8. The molecule has 3 aromatic rings. The van der Waals surface area contributed by atoms with Gasteiger partial charge in [0.1, 0.15) is 18.1 Å². The van der Waals surface area contributed by atoms with Gasteiger partial charge in [-0.3, -0.25) is 9.89 Å². The maximum Gasteiger partial charge on any atom is 0.234 e. The number of hydrogen-bond acceptors (Lipinski definition) is 6. The number of anilines is 1. The van der Waals surface area contributed by atoms with E-state index >= 15 is 0 Å². The maximum atomic E-state index is 12.1. The maximum absolute atomic E-state index is 12.1. The van der Waals surface area contributed by atoms with E-state index in [2.05, 4.69) is 20.5 Å². The molecular formula is C20H22N4O3S. The molecule has 3 rings (SSSR count). The number of H-pyrrole nitrogens is 1. The Hall–Kier alpha value is -3.00. The van der Waals surface area contributed by atoms with E-state index in [1.165, 1.54) is 17.3 Å². The fourth-order valence-electron chi connectivity index (χ4n) is 2.32. The van der Waals surface area contributed by atoms with Crippen molar-refractivity contribution in [1.29, 1.82) is 0 Å². The fraction of sp³-hybridized carbons (Fsp3) is 0.250. The number of aromatic nitrogens is 3. The van der Waals surface area contributed by atoms with Gasteiger partial charge in [0.05, 0.1) is 12.4 Å². The molecule has 1 amide bonds.